The molecule has 0 aromatic heterocycles. The van der Waals surface area contributed by atoms with E-state index in [4.69, 9.17) is 9.11 Å². The molecule has 0 aliphatic heterocycles. The van der Waals surface area contributed by atoms with Crippen LogP contribution in [0.1, 0.15) is 15.9 Å². The van der Waals surface area contributed by atoms with Crippen LogP contribution in [0.25, 0.3) is 0 Å². The fraction of sp³-hybridized carbons (Fsp3) is 0. The van der Waals surface area contributed by atoms with Gasteiger partial charge in [-0.15, -0.1) is 0 Å². The van der Waals surface area contributed by atoms with Crippen molar-refractivity contribution in [3.63, 3.8) is 0 Å². The monoisotopic (exact) mass is 426 g/mol. The molecule has 0 spiro atoms. The zero-order valence-corrected chi connectivity index (χ0v) is 13.1. The second-order valence-electron chi connectivity index (χ2n) is 4.57. The summed E-state index contributed by atoms with van der Waals surface area (Å²) in [5.74, 6) is -3.58. The Morgan fingerprint density at radius 2 is 1.04 bits per heavy atom. The van der Waals surface area contributed by atoms with Gasteiger partial charge >= 0.3 is 59.1 Å². The van der Waals surface area contributed by atoms with Gasteiger partial charge in [-0.3, -0.25) is 13.9 Å². The van der Waals surface area contributed by atoms with E-state index in [1.54, 1.807) is 0 Å². The third-order valence-electron chi connectivity index (χ3n) is 2.94. The molecule has 0 bridgehead atoms. The van der Waals surface area contributed by atoms with Gasteiger partial charge in [0, 0.05) is 11.1 Å². The van der Waals surface area contributed by atoms with Gasteiger partial charge in [0.25, 0.3) is 20.2 Å². The Morgan fingerprint density at radius 1 is 0.731 bits per heavy atom. The Labute approximate surface area is 191 Å². The number of rotatable bonds is 4. The SMILES string of the molecule is O=C(c1ccc(F)c(S(=O)(=O)O)c1)c1ccc(F)c(S(=O)(=O)O)c1.[NaH].[NaH]. The quantitative estimate of drug-likeness (QED) is 0.412. The Kier molecular flexibility index (Phi) is 9.25. The summed E-state index contributed by atoms with van der Waals surface area (Å²) in [5, 5.41) is 0. The van der Waals surface area contributed by atoms with Gasteiger partial charge in [-0.2, -0.15) is 16.8 Å². The zero-order valence-electron chi connectivity index (χ0n) is 11.5. The predicted octanol–water partition coefficient (Wildman–Crippen LogP) is 0.392. The molecule has 0 atom stereocenters. The first-order valence-corrected chi connectivity index (χ1v) is 8.88. The van der Waals surface area contributed by atoms with Gasteiger partial charge in [-0.05, 0) is 36.4 Å². The molecule has 13 heteroatoms. The van der Waals surface area contributed by atoms with Gasteiger partial charge in [0.2, 0.25) is 0 Å². The van der Waals surface area contributed by atoms with Crippen molar-refractivity contribution >= 4 is 85.1 Å². The molecule has 7 nitrogen and oxygen atoms in total. The average molecular weight is 426 g/mol. The molecular formula is C13H10F2Na2O7S2. The van der Waals surface area contributed by atoms with Gasteiger partial charge in [0.15, 0.2) is 5.78 Å². The van der Waals surface area contributed by atoms with Crippen LogP contribution in [0.15, 0.2) is 46.2 Å². The molecule has 0 fully saturated rings. The van der Waals surface area contributed by atoms with Crippen LogP contribution in [0, 0.1) is 11.6 Å². The third-order valence-corrected chi connectivity index (χ3v) is 4.68. The van der Waals surface area contributed by atoms with Crippen molar-refractivity contribution in [1.29, 1.82) is 0 Å². The molecule has 0 aliphatic carbocycles. The summed E-state index contributed by atoms with van der Waals surface area (Å²) < 4.78 is 88.7. The van der Waals surface area contributed by atoms with E-state index in [0.29, 0.717) is 24.3 Å². The van der Waals surface area contributed by atoms with Crippen LogP contribution in [-0.2, 0) is 20.2 Å². The van der Waals surface area contributed by atoms with Crippen molar-refractivity contribution in [3.05, 3.63) is 59.2 Å². The van der Waals surface area contributed by atoms with Crippen LogP contribution in [0.4, 0.5) is 8.78 Å². The molecule has 0 radical (unpaired) electrons. The summed E-state index contributed by atoms with van der Waals surface area (Å²) in [6, 6.07) is 4.10. The molecule has 2 aromatic rings. The van der Waals surface area contributed by atoms with Crippen molar-refractivity contribution in [2.24, 2.45) is 0 Å². The normalized spacial score (nSPS) is 11.2. The number of carbonyl (C=O) groups is 1. The topological polar surface area (TPSA) is 126 Å². The van der Waals surface area contributed by atoms with Gasteiger partial charge < -0.3 is 0 Å². The maximum atomic E-state index is 13.4. The van der Waals surface area contributed by atoms with E-state index < -0.39 is 58.6 Å². The van der Waals surface area contributed by atoms with Crippen LogP contribution < -0.4 is 0 Å². The Balaban J connectivity index is 0.00000312. The molecule has 0 saturated heterocycles. The van der Waals surface area contributed by atoms with E-state index in [1.165, 1.54) is 0 Å². The first-order chi connectivity index (χ1) is 10.9. The molecule has 0 amide bonds. The van der Waals surface area contributed by atoms with Gasteiger partial charge in [0.1, 0.15) is 21.4 Å². The molecule has 2 rings (SSSR count). The first-order valence-electron chi connectivity index (χ1n) is 6.00. The van der Waals surface area contributed by atoms with Crippen LogP contribution in [0.5, 0.6) is 0 Å². The molecule has 2 N–H and O–H groups in total. The average Bonchev–Trinajstić information content (AvgIpc) is 2.45. The molecule has 0 unspecified atom stereocenters. The summed E-state index contributed by atoms with van der Waals surface area (Å²) in [5.41, 5.74) is -0.811. The maximum absolute atomic E-state index is 13.4. The van der Waals surface area contributed by atoms with E-state index in [0.717, 1.165) is 12.1 Å². The molecular weight excluding hydrogens is 416 g/mol. The van der Waals surface area contributed by atoms with Crippen molar-refractivity contribution in [3.8, 4) is 0 Å². The van der Waals surface area contributed by atoms with Crippen LogP contribution >= 0.6 is 0 Å². The van der Waals surface area contributed by atoms with Crippen molar-refractivity contribution in [1.82, 2.24) is 0 Å². The third kappa shape index (κ3) is 5.89. The van der Waals surface area contributed by atoms with Crippen molar-refractivity contribution in [2.45, 2.75) is 9.79 Å². The summed E-state index contributed by atoms with van der Waals surface area (Å²) in [6.07, 6.45) is 0. The number of halogens is 2. The van der Waals surface area contributed by atoms with E-state index in [1.807, 2.05) is 0 Å². The fourth-order valence-electron chi connectivity index (χ4n) is 1.85. The second kappa shape index (κ2) is 9.32. The minimum atomic E-state index is -4.93. The fourth-order valence-corrected chi connectivity index (χ4v) is 3.03. The summed E-state index contributed by atoms with van der Waals surface area (Å²) in [6.45, 7) is 0. The van der Waals surface area contributed by atoms with Crippen LogP contribution in [0.2, 0.25) is 0 Å². The Hall–Kier alpha value is -0.210. The first kappa shape index (κ1) is 25.8. The number of hydrogen-bond donors (Lipinski definition) is 2. The van der Waals surface area contributed by atoms with E-state index in [9.17, 15) is 30.4 Å². The van der Waals surface area contributed by atoms with Crippen LogP contribution in [-0.4, -0.2) is 90.8 Å². The van der Waals surface area contributed by atoms with Gasteiger partial charge in [-0.1, -0.05) is 0 Å². The Bertz CT molecular complexity index is 971. The molecule has 0 aliphatic rings. The van der Waals surface area contributed by atoms with E-state index in [-0.39, 0.29) is 59.1 Å². The number of ketones is 1. The number of carbonyl (C=O) groups excluding carboxylic acids is 1. The second-order valence-corrected chi connectivity index (χ2v) is 7.35. The summed E-state index contributed by atoms with van der Waals surface area (Å²) >= 11 is 0. The number of benzene rings is 2. The molecule has 0 saturated carbocycles. The molecule has 0 heterocycles. The van der Waals surface area contributed by atoms with E-state index in [2.05, 4.69) is 0 Å². The zero-order chi connectivity index (χ0) is 18.3. The summed E-state index contributed by atoms with van der Waals surface area (Å²) in [4.78, 5) is 9.93. The minimum absolute atomic E-state index is 0. The standard InChI is InChI=1S/C13H8F2O7S2.2Na.2H/c14-9-3-1-7(5-11(9)23(17,18)19)13(16)8-2-4-10(15)12(6-8)24(20,21)22;;;;/h1-6H,(H,17,18,19)(H,20,21,22);;;;. The van der Waals surface area contributed by atoms with E-state index >= 15 is 0 Å². The number of hydrogen-bond acceptors (Lipinski definition) is 5. The van der Waals surface area contributed by atoms with Gasteiger partial charge in [-0.25, -0.2) is 8.78 Å². The molecule has 132 valence electrons. The predicted molar refractivity (Wildman–Crippen MR) is 90.2 cm³/mol. The molecule has 26 heavy (non-hydrogen) atoms. The molecule has 2 aromatic carbocycles. The van der Waals surface area contributed by atoms with Crippen molar-refractivity contribution < 1.29 is 39.5 Å². The summed E-state index contributed by atoms with van der Waals surface area (Å²) in [7, 11) is -9.87. The van der Waals surface area contributed by atoms with Gasteiger partial charge in [0.05, 0.1) is 0 Å². The van der Waals surface area contributed by atoms with Crippen LogP contribution in [0.3, 0.4) is 0 Å². The van der Waals surface area contributed by atoms with Crippen molar-refractivity contribution in [2.75, 3.05) is 0 Å². The Morgan fingerprint density at radius 3 is 1.31 bits per heavy atom.